The Morgan fingerprint density at radius 3 is 2.80 bits per heavy atom. The summed E-state index contributed by atoms with van der Waals surface area (Å²) < 4.78 is 13.4. The van der Waals surface area contributed by atoms with Gasteiger partial charge in [-0.15, -0.1) is 0 Å². The second-order valence-corrected chi connectivity index (χ2v) is 4.10. The topological polar surface area (TPSA) is 20.2 Å². The number of halogens is 2. The molecule has 1 N–H and O–H groups in total. The van der Waals surface area contributed by atoms with E-state index in [0.29, 0.717) is 18.4 Å². The number of hydrogen-bond donors (Lipinski definition) is 1. The summed E-state index contributed by atoms with van der Waals surface area (Å²) in [4.78, 5) is 0. The molecule has 84 valence electrons. The van der Waals surface area contributed by atoms with Crippen molar-refractivity contribution in [2.24, 2.45) is 0 Å². The van der Waals surface area contributed by atoms with Gasteiger partial charge in [-0.2, -0.15) is 0 Å². The first-order valence-electron chi connectivity index (χ1n) is 5.26. The van der Waals surface area contributed by atoms with E-state index >= 15 is 0 Å². The molecule has 0 aromatic heterocycles. The van der Waals surface area contributed by atoms with Gasteiger partial charge in [0, 0.05) is 0 Å². The summed E-state index contributed by atoms with van der Waals surface area (Å²) in [6.45, 7) is 2.02. The fourth-order valence-electron chi connectivity index (χ4n) is 1.54. The third-order valence-corrected chi connectivity index (χ3v) is 2.69. The summed E-state index contributed by atoms with van der Waals surface area (Å²) in [5.74, 6) is -0.358. The van der Waals surface area contributed by atoms with E-state index in [2.05, 4.69) is 0 Å². The van der Waals surface area contributed by atoms with Crippen LogP contribution in [0, 0.1) is 5.82 Å². The number of aliphatic hydroxyl groups excluding tert-OH is 1. The van der Waals surface area contributed by atoms with Crippen LogP contribution in [-0.2, 0) is 6.42 Å². The Hall–Kier alpha value is -0.600. The first-order valence-corrected chi connectivity index (χ1v) is 5.64. The van der Waals surface area contributed by atoms with Crippen LogP contribution in [0.1, 0.15) is 31.7 Å². The second kappa shape index (κ2) is 6.09. The molecular formula is C12H16ClFO. The van der Waals surface area contributed by atoms with Crippen molar-refractivity contribution >= 4 is 11.6 Å². The van der Waals surface area contributed by atoms with E-state index in [0.717, 1.165) is 12.8 Å². The van der Waals surface area contributed by atoms with E-state index in [9.17, 15) is 9.50 Å². The van der Waals surface area contributed by atoms with E-state index < -0.39 is 0 Å². The average Bonchev–Trinajstić information content (AvgIpc) is 2.21. The Balaban J connectivity index is 2.54. The molecule has 0 bridgehead atoms. The zero-order valence-corrected chi connectivity index (χ0v) is 9.60. The van der Waals surface area contributed by atoms with E-state index in [-0.39, 0.29) is 16.9 Å². The normalized spacial score (nSPS) is 12.8. The molecule has 0 saturated carbocycles. The first kappa shape index (κ1) is 12.5. The quantitative estimate of drug-likeness (QED) is 0.820. The Bertz CT molecular complexity index is 314. The van der Waals surface area contributed by atoms with Crippen molar-refractivity contribution in [2.75, 3.05) is 0 Å². The zero-order chi connectivity index (χ0) is 11.3. The summed E-state index contributed by atoms with van der Waals surface area (Å²) in [6, 6.07) is 4.97. The Labute approximate surface area is 94.9 Å². The maximum atomic E-state index is 13.4. The predicted octanol–water partition coefficient (Wildman–Crippen LogP) is 3.57. The molecule has 0 aliphatic carbocycles. The highest BCUT2D eigenvalue weighted by atomic mass is 35.5. The van der Waals surface area contributed by atoms with Crippen molar-refractivity contribution in [3.8, 4) is 0 Å². The fourth-order valence-corrected chi connectivity index (χ4v) is 1.74. The molecule has 0 saturated heterocycles. The van der Waals surface area contributed by atoms with Crippen LogP contribution in [-0.4, -0.2) is 11.2 Å². The molecule has 1 atom stereocenters. The molecule has 1 rings (SSSR count). The molecule has 1 aromatic carbocycles. The molecule has 0 heterocycles. The number of rotatable bonds is 5. The summed E-state index contributed by atoms with van der Waals surface area (Å²) in [5, 5.41) is 9.67. The van der Waals surface area contributed by atoms with Crippen molar-refractivity contribution in [1.29, 1.82) is 0 Å². The highest BCUT2D eigenvalue weighted by molar-refractivity contribution is 6.30. The molecule has 15 heavy (non-hydrogen) atoms. The highest BCUT2D eigenvalue weighted by Crippen LogP contribution is 2.19. The minimum Gasteiger partial charge on any atom is -0.393 e. The van der Waals surface area contributed by atoms with E-state index in [1.54, 1.807) is 12.1 Å². The van der Waals surface area contributed by atoms with Crippen molar-refractivity contribution in [3.05, 3.63) is 34.6 Å². The van der Waals surface area contributed by atoms with Gasteiger partial charge in [0.15, 0.2) is 0 Å². The van der Waals surface area contributed by atoms with Gasteiger partial charge in [0.1, 0.15) is 5.82 Å². The second-order valence-electron chi connectivity index (χ2n) is 3.69. The number of benzene rings is 1. The van der Waals surface area contributed by atoms with Crippen molar-refractivity contribution < 1.29 is 9.50 Å². The molecule has 1 nitrogen and oxygen atoms in total. The van der Waals surface area contributed by atoms with Crippen LogP contribution in [0.4, 0.5) is 4.39 Å². The van der Waals surface area contributed by atoms with Gasteiger partial charge in [-0.05, 0) is 30.9 Å². The minimum atomic E-state index is -0.358. The van der Waals surface area contributed by atoms with Crippen LogP contribution < -0.4 is 0 Å². The Morgan fingerprint density at radius 2 is 2.13 bits per heavy atom. The molecule has 0 aliphatic heterocycles. The van der Waals surface area contributed by atoms with Crippen molar-refractivity contribution in [1.82, 2.24) is 0 Å². The Kier molecular flexibility index (Phi) is 5.06. The largest absolute Gasteiger partial charge is 0.393 e. The zero-order valence-electron chi connectivity index (χ0n) is 8.84. The van der Waals surface area contributed by atoms with Gasteiger partial charge in [0.25, 0.3) is 0 Å². The first-order chi connectivity index (χ1) is 7.15. The molecular weight excluding hydrogens is 215 g/mol. The molecule has 3 heteroatoms. The maximum Gasteiger partial charge on any atom is 0.144 e. The third kappa shape index (κ3) is 3.80. The van der Waals surface area contributed by atoms with E-state index in [1.807, 2.05) is 6.92 Å². The molecule has 0 radical (unpaired) electrons. The summed E-state index contributed by atoms with van der Waals surface area (Å²) >= 11 is 5.65. The van der Waals surface area contributed by atoms with Gasteiger partial charge in [0.2, 0.25) is 0 Å². The lowest BCUT2D eigenvalue weighted by Crippen LogP contribution is -2.07. The van der Waals surface area contributed by atoms with Gasteiger partial charge < -0.3 is 5.11 Å². The monoisotopic (exact) mass is 230 g/mol. The maximum absolute atomic E-state index is 13.4. The minimum absolute atomic E-state index is 0.150. The van der Waals surface area contributed by atoms with Crippen LogP contribution >= 0.6 is 11.6 Å². The van der Waals surface area contributed by atoms with E-state index in [4.69, 9.17) is 11.6 Å². The van der Waals surface area contributed by atoms with Gasteiger partial charge in [-0.1, -0.05) is 37.1 Å². The third-order valence-electron chi connectivity index (χ3n) is 2.40. The molecule has 0 fully saturated rings. The fraction of sp³-hybridized carbons (Fsp3) is 0.500. The van der Waals surface area contributed by atoms with Crippen LogP contribution in [0.5, 0.6) is 0 Å². The average molecular weight is 231 g/mol. The number of hydrogen-bond acceptors (Lipinski definition) is 1. The molecule has 1 unspecified atom stereocenters. The standard InChI is InChI=1S/C12H16ClFO/c1-2-4-10(15)8-7-9-5-3-6-11(13)12(9)14/h3,5-6,10,15H,2,4,7-8H2,1H3. The van der Waals surface area contributed by atoms with Crippen LogP contribution in [0.15, 0.2) is 18.2 Å². The summed E-state index contributed by atoms with van der Waals surface area (Å²) in [5.41, 5.74) is 0.581. The SMILES string of the molecule is CCCC(O)CCc1cccc(Cl)c1F. The number of aryl methyl sites for hydroxylation is 1. The van der Waals surface area contributed by atoms with Gasteiger partial charge in [-0.3, -0.25) is 0 Å². The molecule has 0 amide bonds. The van der Waals surface area contributed by atoms with Gasteiger partial charge in [-0.25, -0.2) is 4.39 Å². The Morgan fingerprint density at radius 1 is 1.40 bits per heavy atom. The van der Waals surface area contributed by atoms with Crippen LogP contribution in [0.25, 0.3) is 0 Å². The van der Waals surface area contributed by atoms with Gasteiger partial charge in [0.05, 0.1) is 11.1 Å². The lowest BCUT2D eigenvalue weighted by atomic mass is 10.0. The van der Waals surface area contributed by atoms with Crippen LogP contribution in [0.2, 0.25) is 5.02 Å². The van der Waals surface area contributed by atoms with E-state index in [1.165, 1.54) is 6.07 Å². The van der Waals surface area contributed by atoms with Crippen molar-refractivity contribution in [3.63, 3.8) is 0 Å². The summed E-state index contributed by atoms with van der Waals surface area (Å²) in [7, 11) is 0. The highest BCUT2D eigenvalue weighted by Gasteiger charge is 2.08. The van der Waals surface area contributed by atoms with Crippen molar-refractivity contribution in [2.45, 2.75) is 38.7 Å². The smallest absolute Gasteiger partial charge is 0.144 e. The molecule has 0 spiro atoms. The molecule has 1 aromatic rings. The predicted molar refractivity (Wildman–Crippen MR) is 60.6 cm³/mol. The number of aliphatic hydroxyl groups is 1. The summed E-state index contributed by atoms with van der Waals surface area (Å²) in [6.07, 6.45) is 2.49. The van der Waals surface area contributed by atoms with Gasteiger partial charge >= 0.3 is 0 Å². The molecule has 0 aliphatic rings. The van der Waals surface area contributed by atoms with Crippen LogP contribution in [0.3, 0.4) is 0 Å². The lowest BCUT2D eigenvalue weighted by Gasteiger charge is -2.09. The lowest BCUT2D eigenvalue weighted by molar-refractivity contribution is 0.153.